The second-order valence-corrected chi connectivity index (χ2v) is 5.40. The highest BCUT2D eigenvalue weighted by Crippen LogP contribution is 2.23. The van der Waals surface area contributed by atoms with E-state index < -0.39 is 5.97 Å². The fourth-order valence-electron chi connectivity index (χ4n) is 2.24. The zero-order chi connectivity index (χ0) is 14.3. The first-order chi connectivity index (χ1) is 9.56. The first kappa shape index (κ1) is 12.9. The maximum atomic E-state index is 11.1. The molecule has 0 fully saturated rings. The minimum Gasteiger partial charge on any atom is -0.478 e. The number of nitrogens with zero attached hydrogens (tertiary/aromatic N) is 2. The topological polar surface area (TPSA) is 55.1 Å². The molecule has 0 unspecified atom stereocenters. The Bertz CT molecular complexity index is 807. The standard InChI is InChI=1S/C15H11BrN2O2/c1-9-17-13-7-2-10(15(19)20)8-14(13)18(9)12-5-3-11(16)4-6-12/h2-8H,1H3,(H,19,20). The number of hydrogen-bond donors (Lipinski definition) is 1. The minimum atomic E-state index is -0.937. The van der Waals surface area contributed by atoms with Crippen LogP contribution >= 0.6 is 15.9 Å². The number of carboxylic acid groups (broad SMARTS) is 1. The molecule has 1 N–H and O–H groups in total. The monoisotopic (exact) mass is 330 g/mol. The van der Waals surface area contributed by atoms with Crippen LogP contribution in [0.1, 0.15) is 16.2 Å². The van der Waals surface area contributed by atoms with Crippen LogP contribution in [0.5, 0.6) is 0 Å². The third-order valence-corrected chi connectivity index (χ3v) is 3.68. The van der Waals surface area contributed by atoms with Crippen molar-refractivity contribution in [3.63, 3.8) is 0 Å². The Labute approximate surface area is 123 Å². The number of carboxylic acids is 1. The molecule has 2 aromatic carbocycles. The molecule has 1 aromatic heterocycles. The van der Waals surface area contributed by atoms with E-state index in [1.54, 1.807) is 18.2 Å². The summed E-state index contributed by atoms with van der Waals surface area (Å²) in [6.07, 6.45) is 0. The van der Waals surface area contributed by atoms with Crippen LogP contribution in [0.15, 0.2) is 46.9 Å². The second-order valence-electron chi connectivity index (χ2n) is 4.48. The molecule has 0 spiro atoms. The molecule has 0 radical (unpaired) electrons. The Morgan fingerprint density at radius 3 is 2.55 bits per heavy atom. The number of fused-ring (bicyclic) bond motifs is 1. The lowest BCUT2D eigenvalue weighted by Crippen LogP contribution is -1.99. The molecule has 0 bridgehead atoms. The summed E-state index contributed by atoms with van der Waals surface area (Å²) in [6, 6.07) is 12.8. The van der Waals surface area contributed by atoms with Crippen molar-refractivity contribution >= 4 is 32.9 Å². The summed E-state index contributed by atoms with van der Waals surface area (Å²) in [5.74, 6) is -0.113. The number of aryl methyl sites for hydroxylation is 1. The van der Waals surface area contributed by atoms with Crippen LogP contribution in [-0.4, -0.2) is 20.6 Å². The summed E-state index contributed by atoms with van der Waals surface area (Å²) in [6.45, 7) is 1.91. The molecule has 4 nitrogen and oxygen atoms in total. The molecule has 0 aliphatic heterocycles. The maximum Gasteiger partial charge on any atom is 0.335 e. The van der Waals surface area contributed by atoms with Crippen molar-refractivity contribution in [2.45, 2.75) is 6.92 Å². The van der Waals surface area contributed by atoms with Gasteiger partial charge in [0.1, 0.15) is 5.82 Å². The summed E-state index contributed by atoms with van der Waals surface area (Å²) in [7, 11) is 0. The molecule has 100 valence electrons. The highest BCUT2D eigenvalue weighted by molar-refractivity contribution is 9.10. The van der Waals surface area contributed by atoms with Crippen molar-refractivity contribution in [3.05, 3.63) is 58.3 Å². The summed E-state index contributed by atoms with van der Waals surface area (Å²) in [4.78, 5) is 15.6. The average Bonchev–Trinajstić information content (AvgIpc) is 2.75. The largest absolute Gasteiger partial charge is 0.478 e. The first-order valence-electron chi connectivity index (χ1n) is 6.04. The van der Waals surface area contributed by atoms with E-state index in [1.807, 2.05) is 35.8 Å². The fourth-order valence-corrected chi connectivity index (χ4v) is 2.51. The van der Waals surface area contributed by atoms with E-state index in [0.29, 0.717) is 0 Å². The Kier molecular flexibility index (Phi) is 3.06. The van der Waals surface area contributed by atoms with Crippen LogP contribution in [0.25, 0.3) is 16.7 Å². The van der Waals surface area contributed by atoms with Crippen molar-refractivity contribution in [1.29, 1.82) is 0 Å². The summed E-state index contributed by atoms with van der Waals surface area (Å²) in [5, 5.41) is 9.11. The number of aromatic nitrogens is 2. The number of halogens is 1. The van der Waals surface area contributed by atoms with Crippen molar-refractivity contribution in [2.24, 2.45) is 0 Å². The van der Waals surface area contributed by atoms with Gasteiger partial charge in [0.2, 0.25) is 0 Å². The van der Waals surface area contributed by atoms with Crippen molar-refractivity contribution in [2.75, 3.05) is 0 Å². The molecule has 0 aliphatic rings. The SMILES string of the molecule is Cc1nc2ccc(C(=O)O)cc2n1-c1ccc(Br)cc1. The first-order valence-corrected chi connectivity index (χ1v) is 6.84. The minimum absolute atomic E-state index is 0.260. The van der Waals surface area contributed by atoms with E-state index in [1.165, 1.54) is 0 Å². The lowest BCUT2D eigenvalue weighted by Gasteiger charge is -2.07. The average molecular weight is 331 g/mol. The number of hydrogen-bond acceptors (Lipinski definition) is 2. The molecule has 1 heterocycles. The van der Waals surface area contributed by atoms with Crippen LogP contribution in [0.3, 0.4) is 0 Å². The molecule has 3 rings (SSSR count). The number of rotatable bonds is 2. The van der Waals surface area contributed by atoms with Gasteiger partial charge in [-0.1, -0.05) is 15.9 Å². The number of benzene rings is 2. The van der Waals surface area contributed by atoms with Gasteiger partial charge in [-0.2, -0.15) is 0 Å². The predicted octanol–water partition coefficient (Wildman–Crippen LogP) is 3.79. The van der Waals surface area contributed by atoms with Gasteiger partial charge in [0.25, 0.3) is 0 Å². The van der Waals surface area contributed by atoms with Gasteiger partial charge in [-0.25, -0.2) is 9.78 Å². The summed E-state index contributed by atoms with van der Waals surface area (Å²) in [5.41, 5.74) is 2.80. The summed E-state index contributed by atoms with van der Waals surface area (Å²) >= 11 is 3.41. The maximum absolute atomic E-state index is 11.1. The smallest absolute Gasteiger partial charge is 0.335 e. The normalized spacial score (nSPS) is 10.9. The van der Waals surface area contributed by atoms with E-state index in [4.69, 9.17) is 5.11 Å². The van der Waals surface area contributed by atoms with Crippen LogP contribution in [0, 0.1) is 6.92 Å². The Morgan fingerprint density at radius 1 is 1.20 bits per heavy atom. The third kappa shape index (κ3) is 2.10. The van der Waals surface area contributed by atoms with Gasteiger partial charge in [-0.3, -0.25) is 4.57 Å². The Morgan fingerprint density at radius 2 is 1.90 bits per heavy atom. The highest BCUT2D eigenvalue weighted by atomic mass is 79.9. The molecule has 0 amide bonds. The van der Waals surface area contributed by atoms with Gasteiger partial charge in [-0.15, -0.1) is 0 Å². The number of aromatic carboxylic acids is 1. The third-order valence-electron chi connectivity index (χ3n) is 3.15. The predicted molar refractivity (Wildman–Crippen MR) is 80.5 cm³/mol. The Balaban J connectivity index is 2.28. The van der Waals surface area contributed by atoms with E-state index in [9.17, 15) is 4.79 Å². The van der Waals surface area contributed by atoms with Crippen LogP contribution in [0.2, 0.25) is 0 Å². The molecule has 0 saturated carbocycles. The van der Waals surface area contributed by atoms with Gasteiger partial charge in [0.15, 0.2) is 0 Å². The van der Waals surface area contributed by atoms with E-state index in [2.05, 4.69) is 20.9 Å². The van der Waals surface area contributed by atoms with Crippen LogP contribution in [0.4, 0.5) is 0 Å². The van der Waals surface area contributed by atoms with Gasteiger partial charge in [0, 0.05) is 10.2 Å². The number of imidazole rings is 1. The second kappa shape index (κ2) is 4.76. The van der Waals surface area contributed by atoms with Gasteiger partial charge < -0.3 is 5.11 Å². The highest BCUT2D eigenvalue weighted by Gasteiger charge is 2.12. The van der Waals surface area contributed by atoms with Gasteiger partial charge in [-0.05, 0) is 49.4 Å². The van der Waals surface area contributed by atoms with E-state index >= 15 is 0 Å². The van der Waals surface area contributed by atoms with Gasteiger partial charge >= 0.3 is 5.97 Å². The lowest BCUT2D eigenvalue weighted by molar-refractivity contribution is 0.0697. The molecule has 3 aromatic rings. The van der Waals surface area contributed by atoms with Gasteiger partial charge in [0.05, 0.1) is 16.6 Å². The molecule has 5 heteroatoms. The van der Waals surface area contributed by atoms with Crippen LogP contribution in [-0.2, 0) is 0 Å². The van der Waals surface area contributed by atoms with Crippen LogP contribution < -0.4 is 0 Å². The van der Waals surface area contributed by atoms with Crippen molar-refractivity contribution in [1.82, 2.24) is 9.55 Å². The molecule has 0 aliphatic carbocycles. The fraction of sp³-hybridized carbons (Fsp3) is 0.0667. The Hall–Kier alpha value is -2.14. The van der Waals surface area contributed by atoms with E-state index in [0.717, 1.165) is 27.0 Å². The molecule has 0 atom stereocenters. The van der Waals surface area contributed by atoms with Crippen molar-refractivity contribution in [3.8, 4) is 5.69 Å². The van der Waals surface area contributed by atoms with E-state index in [-0.39, 0.29) is 5.56 Å². The summed E-state index contributed by atoms with van der Waals surface area (Å²) < 4.78 is 2.95. The molecule has 20 heavy (non-hydrogen) atoms. The molecule has 0 saturated heterocycles. The zero-order valence-electron chi connectivity index (χ0n) is 10.7. The van der Waals surface area contributed by atoms with Crippen molar-refractivity contribution < 1.29 is 9.90 Å². The quantitative estimate of drug-likeness (QED) is 0.777. The zero-order valence-corrected chi connectivity index (χ0v) is 12.3. The number of carbonyl (C=O) groups is 1. The molecular formula is C15H11BrN2O2. The lowest BCUT2D eigenvalue weighted by atomic mass is 10.2. The molecular weight excluding hydrogens is 320 g/mol.